The Morgan fingerprint density at radius 1 is 0.839 bits per heavy atom. The van der Waals surface area contributed by atoms with Crippen LogP contribution < -0.4 is 0 Å². The van der Waals surface area contributed by atoms with E-state index < -0.39 is 5.54 Å². The molecule has 2 aliphatic heterocycles. The molecule has 0 bridgehead atoms. The summed E-state index contributed by atoms with van der Waals surface area (Å²) in [5, 5.41) is 0. The molecule has 1 aromatic heterocycles. The van der Waals surface area contributed by atoms with Crippen LogP contribution >= 0.6 is 0 Å². The zero-order chi connectivity index (χ0) is 22.3. The number of amides is 4. The number of rotatable bonds is 2. The highest BCUT2D eigenvalue weighted by Gasteiger charge is 2.42. The Labute approximate surface area is 180 Å². The standard InChI is InChI=1S/C23H24N4O4/c1-23(2,3)27-20(29)16-8-7-15(14-17(16)21(27)30)19(28)25-10-12-26(13-11-25)22(31)18-6-4-5-9-24-18/h4-9,14H,10-13H2,1-3H3. The summed E-state index contributed by atoms with van der Waals surface area (Å²) in [6, 6.07) is 9.83. The molecule has 4 amide bonds. The second-order valence-electron chi connectivity index (χ2n) is 8.68. The quantitative estimate of drug-likeness (QED) is 0.694. The van der Waals surface area contributed by atoms with E-state index >= 15 is 0 Å². The Kier molecular flexibility index (Phi) is 5.08. The minimum atomic E-state index is -0.645. The molecule has 2 aromatic rings. The normalized spacial score (nSPS) is 16.5. The lowest BCUT2D eigenvalue weighted by Gasteiger charge is -2.34. The van der Waals surface area contributed by atoms with Crippen molar-refractivity contribution in [3.8, 4) is 0 Å². The van der Waals surface area contributed by atoms with Crippen LogP contribution in [0.15, 0.2) is 42.6 Å². The van der Waals surface area contributed by atoms with Gasteiger partial charge in [0.25, 0.3) is 23.6 Å². The number of imide groups is 1. The molecule has 1 fully saturated rings. The molecule has 2 aliphatic rings. The maximum Gasteiger partial charge on any atom is 0.272 e. The van der Waals surface area contributed by atoms with E-state index in [1.54, 1.807) is 67.1 Å². The van der Waals surface area contributed by atoms with Gasteiger partial charge in [0.15, 0.2) is 0 Å². The van der Waals surface area contributed by atoms with Gasteiger partial charge in [-0.1, -0.05) is 6.07 Å². The molecule has 3 heterocycles. The molecule has 8 nitrogen and oxygen atoms in total. The molecule has 1 aromatic carbocycles. The smallest absolute Gasteiger partial charge is 0.272 e. The van der Waals surface area contributed by atoms with Crippen molar-refractivity contribution in [2.24, 2.45) is 0 Å². The summed E-state index contributed by atoms with van der Waals surface area (Å²) < 4.78 is 0. The number of hydrogen-bond acceptors (Lipinski definition) is 5. The molecular weight excluding hydrogens is 396 g/mol. The first-order valence-electron chi connectivity index (χ1n) is 10.2. The summed E-state index contributed by atoms with van der Waals surface area (Å²) in [4.78, 5) is 59.6. The summed E-state index contributed by atoms with van der Waals surface area (Å²) in [5.41, 5.74) is 0.679. The fourth-order valence-electron chi connectivity index (χ4n) is 3.93. The predicted octanol–water partition coefficient (Wildman–Crippen LogP) is 2.07. The lowest BCUT2D eigenvalue weighted by atomic mass is 10.0. The second-order valence-corrected chi connectivity index (χ2v) is 8.68. The van der Waals surface area contributed by atoms with Gasteiger partial charge in [0.2, 0.25) is 0 Å². The first kappa shape index (κ1) is 20.7. The molecule has 31 heavy (non-hydrogen) atoms. The molecular formula is C23H24N4O4. The molecule has 1 saturated heterocycles. The van der Waals surface area contributed by atoms with E-state index in [9.17, 15) is 19.2 Å². The van der Waals surface area contributed by atoms with Crippen molar-refractivity contribution in [3.05, 3.63) is 65.0 Å². The van der Waals surface area contributed by atoms with Crippen LogP contribution in [0.25, 0.3) is 0 Å². The number of pyridine rings is 1. The number of nitrogens with zero attached hydrogens (tertiary/aromatic N) is 4. The first-order chi connectivity index (χ1) is 14.7. The minimum Gasteiger partial charge on any atom is -0.335 e. The molecule has 0 spiro atoms. The molecule has 0 unspecified atom stereocenters. The van der Waals surface area contributed by atoms with Crippen LogP contribution in [-0.4, -0.2) is 75.0 Å². The SMILES string of the molecule is CC(C)(C)N1C(=O)c2ccc(C(=O)N3CCN(C(=O)c4ccccn4)CC3)cc2C1=O. The lowest BCUT2D eigenvalue weighted by molar-refractivity contribution is 0.0507. The number of fused-ring (bicyclic) bond motifs is 1. The number of piperazine rings is 1. The Hall–Kier alpha value is -3.55. The Balaban J connectivity index is 1.46. The van der Waals surface area contributed by atoms with E-state index in [1.807, 2.05) is 0 Å². The molecule has 160 valence electrons. The van der Waals surface area contributed by atoms with Crippen molar-refractivity contribution < 1.29 is 19.2 Å². The van der Waals surface area contributed by atoms with Crippen LogP contribution in [0.4, 0.5) is 0 Å². The van der Waals surface area contributed by atoms with Gasteiger partial charge in [-0.2, -0.15) is 0 Å². The highest BCUT2D eigenvalue weighted by atomic mass is 16.2. The van der Waals surface area contributed by atoms with Crippen molar-refractivity contribution in [1.82, 2.24) is 19.7 Å². The summed E-state index contributed by atoms with van der Waals surface area (Å²) in [6.45, 7) is 6.97. The van der Waals surface area contributed by atoms with Crippen LogP contribution in [-0.2, 0) is 0 Å². The van der Waals surface area contributed by atoms with Crippen molar-refractivity contribution in [2.45, 2.75) is 26.3 Å². The first-order valence-corrected chi connectivity index (χ1v) is 10.2. The number of carbonyl (C=O) groups is 4. The number of carbonyl (C=O) groups excluding carboxylic acids is 4. The monoisotopic (exact) mass is 420 g/mol. The number of hydrogen-bond donors (Lipinski definition) is 0. The lowest BCUT2D eigenvalue weighted by Crippen LogP contribution is -2.50. The highest BCUT2D eigenvalue weighted by molar-refractivity contribution is 6.22. The van der Waals surface area contributed by atoms with E-state index in [2.05, 4.69) is 4.98 Å². The molecule has 4 rings (SSSR count). The van der Waals surface area contributed by atoms with Crippen molar-refractivity contribution in [1.29, 1.82) is 0 Å². The van der Waals surface area contributed by atoms with Crippen LogP contribution in [0.5, 0.6) is 0 Å². The summed E-state index contributed by atoms with van der Waals surface area (Å²) >= 11 is 0. The third kappa shape index (κ3) is 3.69. The van der Waals surface area contributed by atoms with Gasteiger partial charge in [0.05, 0.1) is 11.1 Å². The van der Waals surface area contributed by atoms with Gasteiger partial charge < -0.3 is 9.80 Å². The largest absolute Gasteiger partial charge is 0.335 e. The van der Waals surface area contributed by atoms with Crippen molar-refractivity contribution >= 4 is 23.6 Å². The fourth-order valence-corrected chi connectivity index (χ4v) is 3.93. The predicted molar refractivity (Wildman–Crippen MR) is 113 cm³/mol. The minimum absolute atomic E-state index is 0.156. The van der Waals surface area contributed by atoms with E-state index in [-0.39, 0.29) is 29.2 Å². The van der Waals surface area contributed by atoms with Crippen LogP contribution in [0, 0.1) is 0 Å². The summed E-state index contributed by atoms with van der Waals surface area (Å²) in [5.74, 6) is -1.10. The Morgan fingerprint density at radius 2 is 1.45 bits per heavy atom. The third-order valence-corrected chi connectivity index (χ3v) is 5.54. The number of aromatic nitrogens is 1. The van der Waals surface area contributed by atoms with Gasteiger partial charge in [0.1, 0.15) is 5.69 Å². The fraction of sp³-hybridized carbons (Fsp3) is 0.348. The average Bonchev–Trinajstić information content (AvgIpc) is 3.03. The van der Waals surface area contributed by atoms with Crippen LogP contribution in [0.2, 0.25) is 0 Å². The topological polar surface area (TPSA) is 90.9 Å². The highest BCUT2D eigenvalue weighted by Crippen LogP contribution is 2.30. The van der Waals surface area contributed by atoms with Crippen molar-refractivity contribution in [3.63, 3.8) is 0 Å². The van der Waals surface area contributed by atoms with E-state index in [0.717, 1.165) is 0 Å². The van der Waals surface area contributed by atoms with Gasteiger partial charge in [0, 0.05) is 43.5 Å². The third-order valence-electron chi connectivity index (χ3n) is 5.54. The van der Waals surface area contributed by atoms with Gasteiger partial charge >= 0.3 is 0 Å². The van der Waals surface area contributed by atoms with E-state index in [4.69, 9.17) is 0 Å². The Bertz CT molecular complexity index is 1070. The molecule has 0 N–H and O–H groups in total. The summed E-state index contributed by atoms with van der Waals surface area (Å²) in [7, 11) is 0. The maximum absolute atomic E-state index is 13.0. The van der Waals surface area contributed by atoms with Gasteiger partial charge in [-0.3, -0.25) is 29.1 Å². The van der Waals surface area contributed by atoms with Crippen LogP contribution in [0.1, 0.15) is 62.3 Å². The molecule has 0 radical (unpaired) electrons. The van der Waals surface area contributed by atoms with Gasteiger partial charge in [-0.25, -0.2) is 0 Å². The van der Waals surface area contributed by atoms with Crippen LogP contribution in [0.3, 0.4) is 0 Å². The Morgan fingerprint density at radius 3 is 2.03 bits per heavy atom. The summed E-state index contributed by atoms with van der Waals surface area (Å²) in [6.07, 6.45) is 1.58. The van der Waals surface area contributed by atoms with E-state index in [1.165, 1.54) is 11.0 Å². The number of benzene rings is 1. The molecule has 0 aliphatic carbocycles. The van der Waals surface area contributed by atoms with Gasteiger partial charge in [-0.15, -0.1) is 0 Å². The van der Waals surface area contributed by atoms with Gasteiger partial charge in [-0.05, 0) is 51.1 Å². The molecule has 0 atom stereocenters. The molecule has 8 heteroatoms. The zero-order valence-corrected chi connectivity index (χ0v) is 17.8. The zero-order valence-electron chi connectivity index (χ0n) is 17.8. The second kappa shape index (κ2) is 7.61. The van der Waals surface area contributed by atoms with Crippen molar-refractivity contribution in [2.75, 3.05) is 26.2 Å². The maximum atomic E-state index is 13.0. The van der Waals surface area contributed by atoms with E-state index in [0.29, 0.717) is 43.0 Å². The average molecular weight is 420 g/mol. The molecule has 0 saturated carbocycles.